The number of carboxylic acids is 1. The fraction of sp³-hybridized carbons (Fsp3) is 0. The second-order valence-electron chi connectivity index (χ2n) is 3.83. The molecule has 0 atom stereocenters. The van der Waals surface area contributed by atoms with Crippen LogP contribution in [0, 0.1) is 0 Å². The first kappa shape index (κ1) is 10.5. The van der Waals surface area contributed by atoms with Crippen molar-refractivity contribution in [2.45, 2.75) is 0 Å². The van der Waals surface area contributed by atoms with E-state index in [9.17, 15) is 9.59 Å². The zero-order valence-corrected chi connectivity index (χ0v) is 9.08. The monoisotopic (exact) mass is 241 g/mol. The van der Waals surface area contributed by atoms with Crippen molar-refractivity contribution in [3.8, 4) is 0 Å². The molecule has 0 radical (unpaired) electrons. The van der Waals surface area contributed by atoms with Gasteiger partial charge in [0.1, 0.15) is 5.58 Å². The molecular weight excluding hydrogens is 234 g/mol. The van der Waals surface area contributed by atoms with Gasteiger partial charge >= 0.3 is 11.6 Å². The SMILES string of the molecule is O=C(O)c1ccc2c(c1)oc(=O)c1cnccc12. The smallest absolute Gasteiger partial charge is 0.345 e. The average Bonchev–Trinajstić information content (AvgIpc) is 2.38. The number of pyridine rings is 1. The number of carboxylic acid groups (broad SMARTS) is 1. The van der Waals surface area contributed by atoms with Crippen molar-refractivity contribution in [1.29, 1.82) is 0 Å². The van der Waals surface area contributed by atoms with Crippen molar-refractivity contribution >= 4 is 27.7 Å². The van der Waals surface area contributed by atoms with Crippen LogP contribution in [0.1, 0.15) is 10.4 Å². The summed E-state index contributed by atoms with van der Waals surface area (Å²) >= 11 is 0. The summed E-state index contributed by atoms with van der Waals surface area (Å²) in [5.41, 5.74) is -0.175. The third-order valence-corrected chi connectivity index (χ3v) is 2.76. The molecule has 1 aromatic carbocycles. The maximum Gasteiger partial charge on any atom is 0.345 e. The van der Waals surface area contributed by atoms with Crippen LogP contribution in [-0.4, -0.2) is 16.1 Å². The van der Waals surface area contributed by atoms with Gasteiger partial charge < -0.3 is 9.52 Å². The highest BCUT2D eigenvalue weighted by Crippen LogP contribution is 2.22. The van der Waals surface area contributed by atoms with Crippen LogP contribution in [0.25, 0.3) is 21.7 Å². The Kier molecular flexibility index (Phi) is 2.13. The molecule has 88 valence electrons. The summed E-state index contributed by atoms with van der Waals surface area (Å²) in [6, 6.07) is 6.16. The molecule has 3 rings (SSSR count). The third-order valence-electron chi connectivity index (χ3n) is 2.76. The zero-order chi connectivity index (χ0) is 12.7. The first-order chi connectivity index (χ1) is 8.66. The first-order valence-corrected chi connectivity index (χ1v) is 5.21. The number of rotatable bonds is 1. The molecule has 0 saturated carbocycles. The van der Waals surface area contributed by atoms with Gasteiger partial charge in [-0.2, -0.15) is 0 Å². The quantitative estimate of drug-likeness (QED) is 0.520. The van der Waals surface area contributed by atoms with Gasteiger partial charge in [-0.1, -0.05) is 0 Å². The van der Waals surface area contributed by atoms with Crippen LogP contribution in [0.4, 0.5) is 0 Å². The largest absolute Gasteiger partial charge is 0.478 e. The van der Waals surface area contributed by atoms with E-state index in [0.29, 0.717) is 16.2 Å². The third kappa shape index (κ3) is 1.45. The molecule has 0 saturated heterocycles. The zero-order valence-electron chi connectivity index (χ0n) is 9.08. The Hall–Kier alpha value is -2.69. The Morgan fingerprint density at radius 3 is 2.78 bits per heavy atom. The van der Waals surface area contributed by atoms with Gasteiger partial charge in [0.25, 0.3) is 0 Å². The Bertz CT molecular complexity index is 835. The Balaban J connectivity index is 2.50. The predicted molar refractivity (Wildman–Crippen MR) is 64.7 cm³/mol. The molecule has 0 aliphatic heterocycles. The lowest BCUT2D eigenvalue weighted by atomic mass is 10.1. The molecule has 0 bridgehead atoms. The molecule has 0 spiro atoms. The van der Waals surface area contributed by atoms with Gasteiger partial charge in [0.2, 0.25) is 0 Å². The highest BCUT2D eigenvalue weighted by molar-refractivity contribution is 6.05. The van der Waals surface area contributed by atoms with Crippen molar-refractivity contribution in [3.63, 3.8) is 0 Å². The molecule has 5 nitrogen and oxygen atoms in total. The summed E-state index contributed by atoms with van der Waals surface area (Å²) in [6.45, 7) is 0. The fourth-order valence-electron chi connectivity index (χ4n) is 1.91. The lowest BCUT2D eigenvalue weighted by molar-refractivity contribution is 0.0697. The van der Waals surface area contributed by atoms with Crippen molar-refractivity contribution in [1.82, 2.24) is 4.98 Å². The summed E-state index contributed by atoms with van der Waals surface area (Å²) in [5, 5.41) is 10.7. The molecule has 1 N–H and O–H groups in total. The lowest BCUT2D eigenvalue weighted by Gasteiger charge is -2.02. The van der Waals surface area contributed by atoms with Gasteiger partial charge in [0.05, 0.1) is 10.9 Å². The molecule has 2 aromatic heterocycles. The number of nitrogens with zero attached hydrogens (tertiary/aromatic N) is 1. The molecule has 0 fully saturated rings. The fourth-order valence-corrected chi connectivity index (χ4v) is 1.91. The minimum Gasteiger partial charge on any atom is -0.478 e. The molecule has 0 amide bonds. The standard InChI is InChI=1S/C13H7NO4/c15-12(16)7-1-2-9-8-3-4-14-6-10(8)13(17)18-11(9)5-7/h1-6H,(H,15,16). The summed E-state index contributed by atoms with van der Waals surface area (Å²) in [4.78, 5) is 26.5. The van der Waals surface area contributed by atoms with E-state index < -0.39 is 11.6 Å². The lowest BCUT2D eigenvalue weighted by Crippen LogP contribution is -2.01. The van der Waals surface area contributed by atoms with Gasteiger partial charge in [-0.15, -0.1) is 0 Å². The summed E-state index contributed by atoms with van der Waals surface area (Å²) in [5.74, 6) is -1.06. The van der Waals surface area contributed by atoms with E-state index in [1.54, 1.807) is 18.3 Å². The topological polar surface area (TPSA) is 80.4 Å². The van der Waals surface area contributed by atoms with Crippen molar-refractivity contribution in [3.05, 3.63) is 52.6 Å². The van der Waals surface area contributed by atoms with Gasteiger partial charge in [0, 0.05) is 23.2 Å². The minimum atomic E-state index is -1.06. The minimum absolute atomic E-state index is 0.0825. The normalized spacial score (nSPS) is 10.9. The van der Waals surface area contributed by atoms with E-state index in [0.717, 1.165) is 0 Å². The van der Waals surface area contributed by atoms with E-state index in [-0.39, 0.29) is 11.1 Å². The Morgan fingerprint density at radius 2 is 2.00 bits per heavy atom. The van der Waals surface area contributed by atoms with Crippen LogP contribution in [0.2, 0.25) is 0 Å². The molecule has 0 aliphatic carbocycles. The van der Waals surface area contributed by atoms with Crippen LogP contribution in [0.3, 0.4) is 0 Å². The summed E-state index contributed by atoms with van der Waals surface area (Å²) < 4.78 is 5.11. The van der Waals surface area contributed by atoms with Gasteiger partial charge in [-0.05, 0) is 24.3 Å². The molecular formula is C13H7NO4. The van der Waals surface area contributed by atoms with E-state index in [4.69, 9.17) is 9.52 Å². The van der Waals surface area contributed by atoms with E-state index >= 15 is 0 Å². The number of carbonyl (C=O) groups is 1. The first-order valence-electron chi connectivity index (χ1n) is 5.21. The van der Waals surface area contributed by atoms with Crippen LogP contribution in [0.15, 0.2) is 45.9 Å². The van der Waals surface area contributed by atoms with E-state index in [2.05, 4.69) is 4.98 Å². The van der Waals surface area contributed by atoms with Crippen LogP contribution in [0.5, 0.6) is 0 Å². The van der Waals surface area contributed by atoms with Crippen LogP contribution in [-0.2, 0) is 0 Å². The summed E-state index contributed by atoms with van der Waals surface area (Å²) in [7, 11) is 0. The highest BCUT2D eigenvalue weighted by atomic mass is 16.4. The molecule has 0 unspecified atom stereocenters. The highest BCUT2D eigenvalue weighted by Gasteiger charge is 2.10. The van der Waals surface area contributed by atoms with Gasteiger partial charge in [-0.3, -0.25) is 4.98 Å². The van der Waals surface area contributed by atoms with Gasteiger partial charge in [0.15, 0.2) is 0 Å². The maximum absolute atomic E-state index is 11.7. The van der Waals surface area contributed by atoms with Crippen molar-refractivity contribution in [2.75, 3.05) is 0 Å². The maximum atomic E-state index is 11.7. The predicted octanol–water partition coefficient (Wildman–Crippen LogP) is 2.04. The Labute approximate surface area is 100 Å². The number of hydrogen-bond donors (Lipinski definition) is 1. The number of aromatic nitrogens is 1. The molecule has 0 aliphatic rings. The second kappa shape index (κ2) is 3.66. The number of benzene rings is 1. The van der Waals surface area contributed by atoms with Crippen LogP contribution >= 0.6 is 0 Å². The number of fused-ring (bicyclic) bond motifs is 3. The van der Waals surface area contributed by atoms with Gasteiger partial charge in [-0.25, -0.2) is 9.59 Å². The summed E-state index contributed by atoms with van der Waals surface area (Å²) in [6.07, 6.45) is 3.01. The van der Waals surface area contributed by atoms with E-state index in [1.165, 1.54) is 18.3 Å². The van der Waals surface area contributed by atoms with Crippen LogP contribution < -0.4 is 5.63 Å². The van der Waals surface area contributed by atoms with Crippen molar-refractivity contribution in [2.24, 2.45) is 0 Å². The van der Waals surface area contributed by atoms with Crippen molar-refractivity contribution < 1.29 is 14.3 Å². The average molecular weight is 241 g/mol. The number of aromatic carboxylic acids is 1. The molecule has 18 heavy (non-hydrogen) atoms. The molecule has 5 heteroatoms. The second-order valence-corrected chi connectivity index (χ2v) is 3.83. The number of hydrogen-bond acceptors (Lipinski definition) is 4. The van der Waals surface area contributed by atoms with E-state index in [1.807, 2.05) is 0 Å². The molecule has 2 heterocycles. The Morgan fingerprint density at radius 1 is 1.17 bits per heavy atom. The molecule has 3 aromatic rings.